The quantitative estimate of drug-likeness (QED) is 0.662. The Morgan fingerprint density at radius 3 is 2.27 bits per heavy atom. The molecule has 0 aliphatic rings. The molecule has 2 aromatic carbocycles. The Labute approximate surface area is 159 Å². The van der Waals surface area contributed by atoms with Gasteiger partial charge in [-0.3, -0.25) is 9.59 Å². The van der Waals surface area contributed by atoms with Crippen LogP contribution in [-0.4, -0.2) is 38.0 Å². The first kappa shape index (κ1) is 20.0. The second-order valence-electron chi connectivity index (χ2n) is 6.49. The molecule has 0 fully saturated rings. The second-order valence-corrected chi connectivity index (χ2v) is 7.61. The zero-order valence-corrected chi connectivity index (χ0v) is 16.2. The summed E-state index contributed by atoms with van der Waals surface area (Å²) in [6.07, 6.45) is 0. The molecule has 0 aromatic heterocycles. The molecule has 0 radical (unpaired) electrons. The van der Waals surface area contributed by atoms with Gasteiger partial charge in [0.2, 0.25) is 0 Å². The predicted molar refractivity (Wildman–Crippen MR) is 106 cm³/mol. The number of hydrogen-bond donors (Lipinski definition) is 3. The van der Waals surface area contributed by atoms with Gasteiger partial charge in [0.15, 0.2) is 13.1 Å². The molecular weight excluding hydrogens is 346 g/mol. The smallest absolute Gasteiger partial charge is 0.279 e. The number of nitrogens with one attached hydrogen (secondary N) is 3. The molecule has 1 atom stereocenters. The molecule has 5 nitrogen and oxygen atoms in total. The number of para-hydroxylation sites is 1. The average Bonchev–Trinajstić information content (AvgIpc) is 2.56. The van der Waals surface area contributed by atoms with Crippen LogP contribution in [0.25, 0.3) is 0 Å². The molecule has 2 amide bonds. The van der Waals surface area contributed by atoms with E-state index in [0.717, 1.165) is 20.4 Å². The number of likely N-dealkylation sites (N-methyl/N-ethyl adjacent to an activating group) is 1. The topological polar surface area (TPSA) is 62.6 Å². The monoisotopic (exact) mass is 372 g/mol. The molecule has 0 spiro atoms. The number of amides is 2. The van der Waals surface area contributed by atoms with Crippen molar-refractivity contribution in [3.05, 3.63) is 54.6 Å². The van der Waals surface area contributed by atoms with Crippen molar-refractivity contribution in [2.45, 2.75) is 29.7 Å². The Hall–Kier alpha value is -2.31. The van der Waals surface area contributed by atoms with E-state index < -0.39 is 0 Å². The van der Waals surface area contributed by atoms with E-state index in [2.05, 4.69) is 10.6 Å². The van der Waals surface area contributed by atoms with Crippen molar-refractivity contribution in [2.75, 3.05) is 25.5 Å². The molecule has 6 heteroatoms. The molecule has 138 valence electrons. The van der Waals surface area contributed by atoms with Gasteiger partial charge < -0.3 is 15.5 Å². The van der Waals surface area contributed by atoms with Crippen LogP contribution in [0.2, 0.25) is 0 Å². The summed E-state index contributed by atoms with van der Waals surface area (Å²) in [5, 5.41) is 5.80. The van der Waals surface area contributed by atoms with Gasteiger partial charge in [0, 0.05) is 15.8 Å². The van der Waals surface area contributed by atoms with Crippen molar-refractivity contribution in [1.82, 2.24) is 5.32 Å². The highest BCUT2D eigenvalue weighted by Gasteiger charge is 2.16. The van der Waals surface area contributed by atoms with Gasteiger partial charge in [-0.1, -0.05) is 42.1 Å². The van der Waals surface area contributed by atoms with Crippen LogP contribution in [0, 0.1) is 0 Å². The minimum atomic E-state index is -0.110. The fourth-order valence-electron chi connectivity index (χ4n) is 2.45. The fourth-order valence-corrected chi connectivity index (χ4v) is 3.38. The Morgan fingerprint density at radius 2 is 1.58 bits per heavy atom. The lowest BCUT2D eigenvalue weighted by molar-refractivity contribution is -0.862. The normalized spacial score (nSPS) is 11.8. The largest absolute Gasteiger partial charge is 0.349 e. The lowest BCUT2D eigenvalue weighted by Gasteiger charge is -2.16. The van der Waals surface area contributed by atoms with Gasteiger partial charge >= 0.3 is 0 Å². The zero-order valence-electron chi connectivity index (χ0n) is 15.4. The number of rotatable bonds is 8. The summed E-state index contributed by atoms with van der Waals surface area (Å²) in [6.45, 7) is 4.34. The van der Waals surface area contributed by atoms with E-state index in [4.69, 9.17) is 0 Å². The molecule has 0 bridgehead atoms. The van der Waals surface area contributed by atoms with Crippen LogP contribution in [0.1, 0.15) is 13.8 Å². The summed E-state index contributed by atoms with van der Waals surface area (Å²) >= 11 is 1.61. The van der Waals surface area contributed by atoms with E-state index in [9.17, 15) is 9.59 Å². The number of anilines is 1. The molecule has 26 heavy (non-hydrogen) atoms. The minimum Gasteiger partial charge on any atom is -0.349 e. The van der Waals surface area contributed by atoms with Gasteiger partial charge in [0.05, 0.1) is 12.7 Å². The highest BCUT2D eigenvalue weighted by Crippen LogP contribution is 2.32. The highest BCUT2D eigenvalue weighted by molar-refractivity contribution is 7.99. The molecule has 0 saturated carbocycles. The van der Waals surface area contributed by atoms with Crippen LogP contribution in [0.15, 0.2) is 64.4 Å². The second kappa shape index (κ2) is 9.99. The van der Waals surface area contributed by atoms with E-state index in [-0.39, 0.29) is 30.9 Å². The predicted octanol–water partition coefficient (Wildman–Crippen LogP) is 1.82. The number of carbonyl (C=O) groups excluding carboxylic acids is 2. The zero-order chi connectivity index (χ0) is 18.9. The highest BCUT2D eigenvalue weighted by atomic mass is 32.2. The Bertz CT molecular complexity index is 735. The van der Waals surface area contributed by atoms with Gasteiger partial charge in [-0.05, 0) is 38.1 Å². The van der Waals surface area contributed by atoms with Crippen molar-refractivity contribution in [3.8, 4) is 0 Å². The molecule has 2 aromatic rings. The van der Waals surface area contributed by atoms with Crippen LogP contribution in [0.4, 0.5) is 5.69 Å². The van der Waals surface area contributed by atoms with Crippen molar-refractivity contribution >= 4 is 29.3 Å². The summed E-state index contributed by atoms with van der Waals surface area (Å²) in [5.41, 5.74) is 0.783. The standard InChI is InChI=1S/C20H25N3O2S/c1-15(2)21-19(24)13-23(3)14-20(25)22-17-11-7-8-12-18(17)26-16-9-5-4-6-10-16/h4-12,15H,13-14H2,1-3H3,(H,21,24)(H,22,25)/p+1. The SMILES string of the molecule is CC(C)NC(=O)C[NH+](C)CC(=O)Nc1ccccc1Sc1ccccc1. The van der Waals surface area contributed by atoms with E-state index >= 15 is 0 Å². The third kappa shape index (κ3) is 6.90. The van der Waals surface area contributed by atoms with E-state index in [0.29, 0.717) is 0 Å². The molecule has 0 saturated heterocycles. The van der Waals surface area contributed by atoms with Gasteiger partial charge in [-0.15, -0.1) is 0 Å². The Balaban J connectivity index is 1.93. The van der Waals surface area contributed by atoms with Crippen molar-refractivity contribution in [1.29, 1.82) is 0 Å². The summed E-state index contributed by atoms with van der Waals surface area (Å²) in [6, 6.07) is 17.9. The minimum absolute atomic E-state index is 0.0506. The first-order valence-electron chi connectivity index (χ1n) is 8.66. The van der Waals surface area contributed by atoms with E-state index in [1.807, 2.05) is 75.5 Å². The first-order valence-corrected chi connectivity index (χ1v) is 9.48. The van der Waals surface area contributed by atoms with Gasteiger partial charge in [-0.25, -0.2) is 0 Å². The maximum absolute atomic E-state index is 12.4. The van der Waals surface area contributed by atoms with Crippen molar-refractivity contribution in [2.24, 2.45) is 0 Å². The van der Waals surface area contributed by atoms with E-state index in [1.54, 1.807) is 11.8 Å². The van der Waals surface area contributed by atoms with Gasteiger partial charge in [0.1, 0.15) is 0 Å². The maximum Gasteiger partial charge on any atom is 0.279 e. The van der Waals surface area contributed by atoms with Crippen LogP contribution >= 0.6 is 11.8 Å². The number of carbonyl (C=O) groups is 2. The fraction of sp³-hybridized carbons (Fsp3) is 0.300. The molecule has 3 N–H and O–H groups in total. The summed E-state index contributed by atoms with van der Waals surface area (Å²) < 4.78 is 0. The van der Waals surface area contributed by atoms with Crippen molar-refractivity contribution < 1.29 is 14.5 Å². The van der Waals surface area contributed by atoms with Crippen LogP contribution in [0.5, 0.6) is 0 Å². The average molecular weight is 373 g/mol. The molecule has 0 heterocycles. The Kier molecular flexibility index (Phi) is 7.69. The third-order valence-electron chi connectivity index (χ3n) is 3.51. The number of hydrogen-bond acceptors (Lipinski definition) is 3. The third-order valence-corrected chi connectivity index (χ3v) is 4.59. The molecule has 2 rings (SSSR count). The molecular formula is C20H26N3O2S+. The first-order chi connectivity index (χ1) is 12.4. The van der Waals surface area contributed by atoms with Crippen LogP contribution in [-0.2, 0) is 9.59 Å². The lowest BCUT2D eigenvalue weighted by atomic mass is 10.3. The lowest BCUT2D eigenvalue weighted by Crippen LogP contribution is -3.11. The molecule has 1 unspecified atom stereocenters. The summed E-state index contributed by atoms with van der Waals surface area (Å²) in [4.78, 5) is 27.1. The van der Waals surface area contributed by atoms with E-state index in [1.165, 1.54) is 0 Å². The van der Waals surface area contributed by atoms with Gasteiger partial charge in [-0.2, -0.15) is 0 Å². The Morgan fingerprint density at radius 1 is 0.962 bits per heavy atom. The number of benzene rings is 2. The molecule has 0 aliphatic heterocycles. The summed E-state index contributed by atoms with van der Waals surface area (Å²) in [5.74, 6) is -0.161. The van der Waals surface area contributed by atoms with Gasteiger partial charge in [0.25, 0.3) is 11.8 Å². The van der Waals surface area contributed by atoms with Crippen LogP contribution < -0.4 is 15.5 Å². The molecule has 0 aliphatic carbocycles. The van der Waals surface area contributed by atoms with Crippen molar-refractivity contribution in [3.63, 3.8) is 0 Å². The maximum atomic E-state index is 12.4. The number of quaternary nitrogens is 1. The summed E-state index contributed by atoms with van der Waals surface area (Å²) in [7, 11) is 1.84. The van der Waals surface area contributed by atoms with Crippen LogP contribution in [0.3, 0.4) is 0 Å².